The van der Waals surface area contributed by atoms with Crippen molar-refractivity contribution < 1.29 is 4.74 Å². The van der Waals surface area contributed by atoms with Gasteiger partial charge >= 0.3 is 0 Å². The summed E-state index contributed by atoms with van der Waals surface area (Å²) in [7, 11) is 6.44. The number of nitrogens with zero attached hydrogens (tertiary/aromatic N) is 2. The highest BCUT2D eigenvalue weighted by molar-refractivity contribution is 4.96. The molecule has 4 heteroatoms. The van der Waals surface area contributed by atoms with E-state index in [-0.39, 0.29) is 5.54 Å². The maximum Gasteiger partial charge on any atom is 0.0616 e. The number of likely N-dealkylation sites (N-methyl/N-ethyl adjacent to an activating group) is 2. The molecule has 0 aromatic rings. The van der Waals surface area contributed by atoms with Gasteiger partial charge in [0.05, 0.1) is 6.10 Å². The number of hydrogen-bond acceptors (Lipinski definition) is 4. The molecule has 1 rings (SSSR count). The SMILES string of the molecule is CC(C)C1CC(CN)(N(C)CCN(C)C)CCO1. The van der Waals surface area contributed by atoms with Gasteiger partial charge in [-0.3, -0.25) is 4.90 Å². The minimum absolute atomic E-state index is 0.128. The third kappa shape index (κ3) is 3.92. The molecule has 0 aliphatic carbocycles. The van der Waals surface area contributed by atoms with E-state index in [1.165, 1.54) is 0 Å². The predicted octanol–water partition coefficient (Wildman–Crippen LogP) is 1.01. The topological polar surface area (TPSA) is 41.7 Å². The van der Waals surface area contributed by atoms with Crippen LogP contribution in [0.1, 0.15) is 26.7 Å². The summed E-state index contributed by atoms with van der Waals surface area (Å²) >= 11 is 0. The highest BCUT2D eigenvalue weighted by Gasteiger charge is 2.39. The monoisotopic (exact) mass is 257 g/mol. The second kappa shape index (κ2) is 6.85. The van der Waals surface area contributed by atoms with Crippen molar-refractivity contribution in [2.75, 3.05) is 47.4 Å². The first-order valence-corrected chi connectivity index (χ1v) is 7.09. The molecule has 0 aromatic heterocycles. The summed E-state index contributed by atoms with van der Waals surface area (Å²) in [5.41, 5.74) is 6.23. The first-order chi connectivity index (χ1) is 8.41. The molecule has 1 fully saturated rings. The Kier molecular flexibility index (Phi) is 6.05. The van der Waals surface area contributed by atoms with E-state index in [0.29, 0.717) is 12.0 Å². The molecule has 4 nitrogen and oxygen atoms in total. The van der Waals surface area contributed by atoms with Crippen molar-refractivity contribution in [1.82, 2.24) is 9.80 Å². The van der Waals surface area contributed by atoms with Crippen LogP contribution < -0.4 is 5.73 Å². The van der Waals surface area contributed by atoms with Crippen LogP contribution in [0.15, 0.2) is 0 Å². The van der Waals surface area contributed by atoms with Gasteiger partial charge in [-0.25, -0.2) is 0 Å². The number of nitrogens with two attached hydrogens (primary N) is 1. The lowest BCUT2D eigenvalue weighted by molar-refractivity contribution is -0.0820. The zero-order valence-corrected chi connectivity index (χ0v) is 12.8. The summed E-state index contributed by atoms with van der Waals surface area (Å²) < 4.78 is 5.88. The van der Waals surface area contributed by atoms with Crippen molar-refractivity contribution in [1.29, 1.82) is 0 Å². The molecule has 2 atom stereocenters. The smallest absolute Gasteiger partial charge is 0.0616 e. The number of ether oxygens (including phenoxy) is 1. The first kappa shape index (κ1) is 15.9. The van der Waals surface area contributed by atoms with Gasteiger partial charge in [-0.2, -0.15) is 0 Å². The van der Waals surface area contributed by atoms with E-state index in [0.717, 1.165) is 39.1 Å². The quantitative estimate of drug-likeness (QED) is 0.771. The molecular weight excluding hydrogens is 226 g/mol. The maximum atomic E-state index is 6.10. The van der Waals surface area contributed by atoms with Crippen LogP contribution in [0.2, 0.25) is 0 Å². The Bertz CT molecular complexity index is 245. The zero-order chi connectivity index (χ0) is 13.8. The molecule has 0 bridgehead atoms. The van der Waals surface area contributed by atoms with Crippen molar-refractivity contribution >= 4 is 0 Å². The second-order valence-electron chi connectivity index (χ2n) is 6.26. The van der Waals surface area contributed by atoms with Gasteiger partial charge in [0.1, 0.15) is 0 Å². The largest absolute Gasteiger partial charge is 0.378 e. The fourth-order valence-corrected chi connectivity index (χ4v) is 2.64. The Labute approximate surface area is 112 Å². The minimum Gasteiger partial charge on any atom is -0.378 e. The summed E-state index contributed by atoms with van der Waals surface area (Å²) in [5.74, 6) is 0.568. The zero-order valence-electron chi connectivity index (χ0n) is 12.8. The summed E-state index contributed by atoms with van der Waals surface area (Å²) in [6.45, 7) is 8.17. The summed E-state index contributed by atoms with van der Waals surface area (Å²) in [6.07, 6.45) is 2.46. The molecular formula is C14H31N3O. The van der Waals surface area contributed by atoms with Gasteiger partial charge in [0.15, 0.2) is 0 Å². The van der Waals surface area contributed by atoms with Gasteiger partial charge in [0.25, 0.3) is 0 Å². The van der Waals surface area contributed by atoms with Crippen LogP contribution in [0.4, 0.5) is 0 Å². The van der Waals surface area contributed by atoms with E-state index in [1.807, 2.05) is 0 Å². The van der Waals surface area contributed by atoms with Crippen LogP contribution in [0, 0.1) is 5.92 Å². The molecule has 0 spiro atoms. The Balaban J connectivity index is 2.65. The predicted molar refractivity (Wildman–Crippen MR) is 76.8 cm³/mol. The van der Waals surface area contributed by atoms with Gasteiger partial charge in [-0.1, -0.05) is 13.8 Å². The molecule has 1 aliphatic rings. The molecule has 2 N–H and O–H groups in total. The van der Waals surface area contributed by atoms with Gasteiger partial charge in [-0.05, 0) is 39.9 Å². The molecule has 0 saturated carbocycles. The van der Waals surface area contributed by atoms with Gasteiger partial charge < -0.3 is 15.4 Å². The van der Waals surface area contributed by atoms with Gasteiger partial charge in [0, 0.05) is 31.8 Å². The Morgan fingerprint density at radius 2 is 1.94 bits per heavy atom. The standard InChI is InChI=1S/C14H31N3O/c1-12(2)13-10-14(11-15,6-9-18-13)17(5)8-7-16(3)4/h12-13H,6-11,15H2,1-5H3. The molecule has 2 unspecified atom stereocenters. The van der Waals surface area contributed by atoms with E-state index < -0.39 is 0 Å². The highest BCUT2D eigenvalue weighted by Crippen LogP contribution is 2.32. The van der Waals surface area contributed by atoms with Crippen LogP contribution in [0.5, 0.6) is 0 Å². The Hall–Kier alpha value is -0.160. The lowest BCUT2D eigenvalue weighted by Crippen LogP contribution is -2.58. The Morgan fingerprint density at radius 3 is 2.44 bits per heavy atom. The number of rotatable bonds is 6. The van der Waals surface area contributed by atoms with E-state index in [1.54, 1.807) is 0 Å². The Morgan fingerprint density at radius 1 is 1.28 bits per heavy atom. The lowest BCUT2D eigenvalue weighted by Gasteiger charge is -2.47. The third-order valence-electron chi connectivity index (χ3n) is 4.30. The first-order valence-electron chi connectivity index (χ1n) is 7.09. The highest BCUT2D eigenvalue weighted by atomic mass is 16.5. The average molecular weight is 257 g/mol. The van der Waals surface area contributed by atoms with Crippen molar-refractivity contribution in [3.8, 4) is 0 Å². The fourth-order valence-electron chi connectivity index (χ4n) is 2.64. The normalized spacial score (nSPS) is 29.5. The van der Waals surface area contributed by atoms with E-state index >= 15 is 0 Å². The van der Waals surface area contributed by atoms with Crippen molar-refractivity contribution in [2.24, 2.45) is 11.7 Å². The van der Waals surface area contributed by atoms with Crippen molar-refractivity contribution in [3.05, 3.63) is 0 Å². The fraction of sp³-hybridized carbons (Fsp3) is 1.00. The van der Waals surface area contributed by atoms with Crippen molar-refractivity contribution in [2.45, 2.75) is 38.3 Å². The lowest BCUT2D eigenvalue weighted by atomic mass is 9.82. The summed E-state index contributed by atoms with van der Waals surface area (Å²) in [6, 6.07) is 0. The van der Waals surface area contributed by atoms with E-state index in [2.05, 4.69) is 44.8 Å². The third-order valence-corrected chi connectivity index (χ3v) is 4.30. The van der Waals surface area contributed by atoms with Crippen molar-refractivity contribution in [3.63, 3.8) is 0 Å². The molecule has 1 heterocycles. The maximum absolute atomic E-state index is 6.10. The molecule has 0 radical (unpaired) electrons. The molecule has 18 heavy (non-hydrogen) atoms. The van der Waals surface area contributed by atoms with Gasteiger partial charge in [0.2, 0.25) is 0 Å². The average Bonchev–Trinajstić information content (AvgIpc) is 2.35. The molecule has 1 aliphatic heterocycles. The summed E-state index contributed by atoms with van der Waals surface area (Å²) in [5, 5.41) is 0. The second-order valence-corrected chi connectivity index (χ2v) is 6.26. The summed E-state index contributed by atoms with van der Waals surface area (Å²) in [4.78, 5) is 4.67. The molecule has 0 aromatic carbocycles. The van der Waals surface area contributed by atoms with Gasteiger partial charge in [-0.15, -0.1) is 0 Å². The minimum atomic E-state index is 0.128. The molecule has 1 saturated heterocycles. The van der Waals surface area contributed by atoms with Crippen LogP contribution >= 0.6 is 0 Å². The van der Waals surface area contributed by atoms with E-state index in [4.69, 9.17) is 10.5 Å². The van der Waals surface area contributed by atoms with E-state index in [9.17, 15) is 0 Å². The van der Waals surface area contributed by atoms with Crippen LogP contribution in [-0.2, 0) is 4.74 Å². The number of hydrogen-bond donors (Lipinski definition) is 1. The van der Waals surface area contributed by atoms with Crippen LogP contribution in [0.25, 0.3) is 0 Å². The molecule has 108 valence electrons. The van der Waals surface area contributed by atoms with Crippen LogP contribution in [0.3, 0.4) is 0 Å². The molecule has 0 amide bonds. The van der Waals surface area contributed by atoms with Crippen LogP contribution in [-0.4, -0.2) is 68.8 Å².